The van der Waals surface area contributed by atoms with E-state index in [0.29, 0.717) is 12.1 Å². The first kappa shape index (κ1) is 13.3. The third kappa shape index (κ3) is 3.27. The summed E-state index contributed by atoms with van der Waals surface area (Å²) < 4.78 is 5.32. The fraction of sp³-hybridized carbons (Fsp3) is 0.929. The van der Waals surface area contributed by atoms with E-state index in [1.807, 2.05) is 0 Å². The predicted octanol–water partition coefficient (Wildman–Crippen LogP) is -0.0346. The minimum Gasteiger partial charge on any atom is -0.379 e. The Bertz CT molecular complexity index is 318. The Labute approximate surface area is 115 Å². The van der Waals surface area contributed by atoms with Crippen LogP contribution in [0.4, 0.5) is 0 Å². The second kappa shape index (κ2) is 6.20. The van der Waals surface area contributed by atoms with Crippen LogP contribution in [-0.4, -0.2) is 62.3 Å². The third-order valence-electron chi connectivity index (χ3n) is 4.69. The largest absolute Gasteiger partial charge is 0.379 e. The standard InChI is InChI=1S/C14H25N3O2/c18-14(12-10-11-2-3-13(12)16-11)15-4-1-5-17-6-8-19-9-7-17/h11-13,16H,1-10H2,(H,15,18). The van der Waals surface area contributed by atoms with Crippen molar-refractivity contribution < 1.29 is 9.53 Å². The van der Waals surface area contributed by atoms with Gasteiger partial charge in [-0.1, -0.05) is 0 Å². The number of amides is 1. The number of carbonyl (C=O) groups excluding carboxylic acids is 1. The summed E-state index contributed by atoms with van der Waals surface area (Å²) >= 11 is 0. The average Bonchev–Trinajstić information content (AvgIpc) is 3.07. The van der Waals surface area contributed by atoms with Crippen molar-refractivity contribution in [2.24, 2.45) is 5.92 Å². The van der Waals surface area contributed by atoms with Gasteiger partial charge in [-0.15, -0.1) is 0 Å². The number of rotatable bonds is 5. The number of nitrogens with zero attached hydrogens (tertiary/aromatic N) is 1. The van der Waals surface area contributed by atoms with E-state index in [1.165, 1.54) is 12.8 Å². The summed E-state index contributed by atoms with van der Waals surface area (Å²) in [5.41, 5.74) is 0. The molecule has 19 heavy (non-hydrogen) atoms. The van der Waals surface area contributed by atoms with E-state index in [0.717, 1.165) is 52.2 Å². The van der Waals surface area contributed by atoms with Crippen molar-refractivity contribution in [3.8, 4) is 0 Å². The quantitative estimate of drug-likeness (QED) is 0.687. The topological polar surface area (TPSA) is 53.6 Å². The monoisotopic (exact) mass is 267 g/mol. The van der Waals surface area contributed by atoms with Gasteiger partial charge in [0.1, 0.15) is 0 Å². The van der Waals surface area contributed by atoms with Crippen molar-refractivity contribution in [2.45, 2.75) is 37.8 Å². The Hall–Kier alpha value is -0.650. The van der Waals surface area contributed by atoms with E-state index in [4.69, 9.17) is 4.74 Å². The van der Waals surface area contributed by atoms with Gasteiger partial charge in [0.25, 0.3) is 0 Å². The molecule has 0 aliphatic carbocycles. The van der Waals surface area contributed by atoms with Gasteiger partial charge in [0, 0.05) is 31.7 Å². The Kier molecular flexibility index (Phi) is 4.35. The molecule has 0 aromatic carbocycles. The number of hydrogen-bond acceptors (Lipinski definition) is 4. The van der Waals surface area contributed by atoms with Gasteiger partial charge >= 0.3 is 0 Å². The van der Waals surface area contributed by atoms with E-state index in [2.05, 4.69) is 15.5 Å². The van der Waals surface area contributed by atoms with Crippen LogP contribution in [0.3, 0.4) is 0 Å². The average molecular weight is 267 g/mol. The van der Waals surface area contributed by atoms with Crippen LogP contribution in [-0.2, 0) is 9.53 Å². The van der Waals surface area contributed by atoms with Gasteiger partial charge in [-0.3, -0.25) is 9.69 Å². The number of ether oxygens (including phenoxy) is 1. The first-order valence-corrected chi connectivity index (χ1v) is 7.67. The lowest BCUT2D eigenvalue weighted by molar-refractivity contribution is -0.125. The number of nitrogens with one attached hydrogen (secondary N) is 2. The Morgan fingerprint density at radius 2 is 2.16 bits per heavy atom. The highest BCUT2D eigenvalue weighted by molar-refractivity contribution is 5.80. The zero-order valence-electron chi connectivity index (χ0n) is 11.6. The Balaban J connectivity index is 1.30. The van der Waals surface area contributed by atoms with Gasteiger partial charge in [-0.25, -0.2) is 0 Å². The van der Waals surface area contributed by atoms with Crippen molar-refractivity contribution in [1.29, 1.82) is 0 Å². The van der Waals surface area contributed by atoms with Crippen LogP contribution in [0.25, 0.3) is 0 Å². The minimum atomic E-state index is 0.224. The maximum absolute atomic E-state index is 12.1. The molecule has 5 nitrogen and oxygen atoms in total. The molecule has 3 fully saturated rings. The van der Waals surface area contributed by atoms with Crippen molar-refractivity contribution in [3.05, 3.63) is 0 Å². The minimum absolute atomic E-state index is 0.224. The van der Waals surface area contributed by atoms with Crippen LogP contribution in [0, 0.1) is 5.92 Å². The second-order valence-electron chi connectivity index (χ2n) is 5.99. The smallest absolute Gasteiger partial charge is 0.224 e. The van der Waals surface area contributed by atoms with Crippen molar-refractivity contribution >= 4 is 5.91 Å². The first-order chi connectivity index (χ1) is 9.33. The van der Waals surface area contributed by atoms with Crippen LogP contribution in [0.5, 0.6) is 0 Å². The highest BCUT2D eigenvalue weighted by Gasteiger charge is 2.42. The molecule has 3 atom stereocenters. The number of morpholine rings is 1. The van der Waals surface area contributed by atoms with Crippen LogP contribution >= 0.6 is 0 Å². The van der Waals surface area contributed by atoms with Crippen LogP contribution in [0.2, 0.25) is 0 Å². The van der Waals surface area contributed by atoms with E-state index in [1.54, 1.807) is 0 Å². The van der Waals surface area contributed by atoms with Crippen molar-refractivity contribution in [2.75, 3.05) is 39.4 Å². The van der Waals surface area contributed by atoms with Gasteiger partial charge in [0.15, 0.2) is 0 Å². The lowest BCUT2D eigenvalue weighted by atomic mass is 9.88. The zero-order valence-corrected chi connectivity index (χ0v) is 11.6. The number of fused-ring (bicyclic) bond motifs is 2. The predicted molar refractivity (Wildman–Crippen MR) is 72.9 cm³/mol. The molecule has 1 amide bonds. The lowest BCUT2D eigenvalue weighted by Gasteiger charge is -2.26. The van der Waals surface area contributed by atoms with Crippen molar-refractivity contribution in [1.82, 2.24) is 15.5 Å². The summed E-state index contributed by atoms with van der Waals surface area (Å²) in [5.74, 6) is 0.490. The van der Waals surface area contributed by atoms with Gasteiger partial charge in [-0.05, 0) is 32.2 Å². The van der Waals surface area contributed by atoms with E-state index in [-0.39, 0.29) is 11.8 Å². The molecule has 0 spiro atoms. The molecule has 108 valence electrons. The van der Waals surface area contributed by atoms with Crippen molar-refractivity contribution in [3.63, 3.8) is 0 Å². The molecule has 3 heterocycles. The summed E-state index contributed by atoms with van der Waals surface area (Å²) in [5, 5.41) is 6.63. The SMILES string of the molecule is O=C(NCCCN1CCOCC1)C1CC2CCC1N2. The van der Waals surface area contributed by atoms with E-state index < -0.39 is 0 Å². The summed E-state index contributed by atoms with van der Waals surface area (Å²) in [4.78, 5) is 14.5. The molecule has 0 radical (unpaired) electrons. The molecule has 2 N–H and O–H groups in total. The first-order valence-electron chi connectivity index (χ1n) is 7.67. The molecule has 2 bridgehead atoms. The lowest BCUT2D eigenvalue weighted by Crippen LogP contribution is -2.40. The molecule has 3 rings (SSSR count). The fourth-order valence-electron chi connectivity index (χ4n) is 3.58. The second-order valence-corrected chi connectivity index (χ2v) is 5.99. The molecule has 0 aromatic rings. The molecule has 5 heteroatoms. The molecular formula is C14H25N3O2. The molecule has 3 aliphatic heterocycles. The van der Waals surface area contributed by atoms with Gasteiger partial charge in [0.05, 0.1) is 19.1 Å². The van der Waals surface area contributed by atoms with Gasteiger partial charge < -0.3 is 15.4 Å². The Morgan fingerprint density at radius 1 is 1.32 bits per heavy atom. The molecule has 3 saturated heterocycles. The number of carbonyl (C=O) groups is 1. The normalized spacial score (nSPS) is 34.6. The summed E-state index contributed by atoms with van der Waals surface area (Å²) in [6, 6.07) is 1.05. The zero-order chi connectivity index (χ0) is 13.1. The van der Waals surface area contributed by atoms with E-state index in [9.17, 15) is 4.79 Å². The molecule has 0 aromatic heterocycles. The molecule has 0 saturated carbocycles. The third-order valence-corrected chi connectivity index (χ3v) is 4.69. The van der Waals surface area contributed by atoms with Crippen LogP contribution in [0.1, 0.15) is 25.7 Å². The maximum atomic E-state index is 12.1. The van der Waals surface area contributed by atoms with E-state index >= 15 is 0 Å². The van der Waals surface area contributed by atoms with Crippen LogP contribution in [0.15, 0.2) is 0 Å². The highest BCUT2D eigenvalue weighted by atomic mass is 16.5. The van der Waals surface area contributed by atoms with Crippen LogP contribution < -0.4 is 10.6 Å². The molecular weight excluding hydrogens is 242 g/mol. The molecule has 3 aliphatic rings. The highest BCUT2D eigenvalue weighted by Crippen LogP contribution is 2.33. The summed E-state index contributed by atoms with van der Waals surface area (Å²) in [7, 11) is 0. The van der Waals surface area contributed by atoms with Gasteiger partial charge in [0.2, 0.25) is 5.91 Å². The fourth-order valence-corrected chi connectivity index (χ4v) is 3.58. The maximum Gasteiger partial charge on any atom is 0.224 e. The Morgan fingerprint density at radius 3 is 2.84 bits per heavy atom. The molecule has 3 unspecified atom stereocenters. The van der Waals surface area contributed by atoms with Gasteiger partial charge in [-0.2, -0.15) is 0 Å². The summed E-state index contributed by atoms with van der Waals surface area (Å²) in [6.45, 7) is 5.64. The number of hydrogen-bond donors (Lipinski definition) is 2. The summed E-state index contributed by atoms with van der Waals surface area (Å²) in [6.07, 6.45) is 4.52.